The van der Waals surface area contributed by atoms with Crippen molar-refractivity contribution in [3.05, 3.63) is 46.2 Å². The van der Waals surface area contributed by atoms with Gasteiger partial charge in [-0.2, -0.15) is 5.10 Å². The quantitative estimate of drug-likeness (QED) is 0.905. The molecular formula is C16H16Cl2N4O2. The Bertz CT molecular complexity index is 782. The summed E-state index contributed by atoms with van der Waals surface area (Å²) in [6, 6.07) is 6.79. The molecular weight excluding hydrogens is 351 g/mol. The van der Waals surface area contributed by atoms with Gasteiger partial charge in [-0.05, 0) is 37.1 Å². The summed E-state index contributed by atoms with van der Waals surface area (Å²) in [6.45, 7) is 1.01. The Balaban J connectivity index is 1.72. The summed E-state index contributed by atoms with van der Waals surface area (Å²) in [5.41, 5.74) is 6.38. The lowest BCUT2D eigenvalue weighted by molar-refractivity contribution is -0.123. The highest BCUT2D eigenvalue weighted by atomic mass is 35.5. The zero-order chi connectivity index (χ0) is 17.3. The van der Waals surface area contributed by atoms with E-state index < -0.39 is 0 Å². The SMILES string of the molecule is NC(=O)C1CCN(C(=O)c2ccn(-c3ccc(Cl)c(Cl)c3)n2)CC1. The first-order valence-electron chi connectivity index (χ1n) is 7.55. The van der Waals surface area contributed by atoms with Crippen molar-refractivity contribution in [1.29, 1.82) is 0 Å². The Hall–Kier alpha value is -2.05. The molecule has 126 valence electrons. The van der Waals surface area contributed by atoms with Gasteiger partial charge in [0.05, 0.1) is 15.7 Å². The van der Waals surface area contributed by atoms with Crippen molar-refractivity contribution in [2.24, 2.45) is 11.7 Å². The van der Waals surface area contributed by atoms with Crippen molar-refractivity contribution >= 4 is 35.0 Å². The number of primary amides is 1. The Morgan fingerprint density at radius 1 is 1.12 bits per heavy atom. The van der Waals surface area contributed by atoms with Crippen LogP contribution in [0.3, 0.4) is 0 Å². The molecule has 3 rings (SSSR count). The predicted molar refractivity (Wildman–Crippen MR) is 91.4 cm³/mol. The van der Waals surface area contributed by atoms with Crippen LogP contribution in [0.2, 0.25) is 10.0 Å². The molecule has 1 fully saturated rings. The number of carbonyl (C=O) groups excluding carboxylic acids is 2. The normalized spacial score (nSPS) is 15.5. The van der Waals surface area contributed by atoms with E-state index in [1.54, 1.807) is 40.0 Å². The van der Waals surface area contributed by atoms with Crippen LogP contribution in [0.25, 0.3) is 5.69 Å². The van der Waals surface area contributed by atoms with Gasteiger partial charge in [-0.25, -0.2) is 4.68 Å². The van der Waals surface area contributed by atoms with Gasteiger partial charge in [0.25, 0.3) is 5.91 Å². The van der Waals surface area contributed by atoms with E-state index in [2.05, 4.69) is 5.10 Å². The molecule has 2 amide bonds. The molecule has 8 heteroatoms. The second-order valence-corrected chi connectivity index (χ2v) is 6.53. The summed E-state index contributed by atoms with van der Waals surface area (Å²) >= 11 is 11.9. The van der Waals surface area contributed by atoms with Crippen LogP contribution in [0.5, 0.6) is 0 Å². The van der Waals surface area contributed by atoms with Gasteiger partial charge >= 0.3 is 0 Å². The van der Waals surface area contributed by atoms with Gasteiger partial charge in [0.15, 0.2) is 5.69 Å². The smallest absolute Gasteiger partial charge is 0.274 e. The van der Waals surface area contributed by atoms with Crippen molar-refractivity contribution in [2.75, 3.05) is 13.1 Å². The number of carbonyl (C=O) groups is 2. The molecule has 0 aliphatic carbocycles. The molecule has 24 heavy (non-hydrogen) atoms. The lowest BCUT2D eigenvalue weighted by atomic mass is 9.96. The molecule has 1 aromatic carbocycles. The minimum absolute atomic E-state index is 0.150. The summed E-state index contributed by atoms with van der Waals surface area (Å²) in [6.07, 6.45) is 2.88. The van der Waals surface area contributed by atoms with Crippen molar-refractivity contribution in [3.8, 4) is 5.69 Å². The molecule has 2 aromatic rings. The molecule has 1 saturated heterocycles. The van der Waals surface area contributed by atoms with Gasteiger partial charge in [0, 0.05) is 25.2 Å². The van der Waals surface area contributed by atoms with E-state index in [0.717, 1.165) is 5.69 Å². The van der Waals surface area contributed by atoms with E-state index in [0.29, 0.717) is 41.7 Å². The van der Waals surface area contributed by atoms with Crippen LogP contribution in [0.4, 0.5) is 0 Å². The first-order valence-corrected chi connectivity index (χ1v) is 8.31. The van der Waals surface area contributed by atoms with Crippen molar-refractivity contribution in [3.63, 3.8) is 0 Å². The summed E-state index contributed by atoms with van der Waals surface area (Å²) in [4.78, 5) is 25.4. The van der Waals surface area contributed by atoms with Crippen LogP contribution in [-0.2, 0) is 4.79 Å². The fourth-order valence-electron chi connectivity index (χ4n) is 2.74. The Kier molecular flexibility index (Phi) is 4.78. The van der Waals surface area contributed by atoms with E-state index >= 15 is 0 Å². The molecule has 0 bridgehead atoms. The maximum Gasteiger partial charge on any atom is 0.274 e. The average molecular weight is 367 g/mol. The van der Waals surface area contributed by atoms with Crippen LogP contribution < -0.4 is 5.73 Å². The number of aromatic nitrogens is 2. The van der Waals surface area contributed by atoms with Gasteiger partial charge in [0.2, 0.25) is 5.91 Å². The highest BCUT2D eigenvalue weighted by Crippen LogP contribution is 2.24. The molecule has 0 spiro atoms. The molecule has 0 saturated carbocycles. The van der Waals surface area contributed by atoms with Crippen LogP contribution in [0.15, 0.2) is 30.5 Å². The van der Waals surface area contributed by atoms with Crippen LogP contribution in [0.1, 0.15) is 23.3 Å². The minimum atomic E-state index is -0.300. The summed E-state index contributed by atoms with van der Waals surface area (Å²) in [7, 11) is 0. The minimum Gasteiger partial charge on any atom is -0.369 e. The fourth-order valence-corrected chi connectivity index (χ4v) is 3.03. The summed E-state index contributed by atoms with van der Waals surface area (Å²) in [5, 5.41) is 5.19. The Morgan fingerprint density at radius 2 is 1.83 bits per heavy atom. The maximum atomic E-state index is 12.5. The van der Waals surface area contributed by atoms with Crippen molar-refractivity contribution in [1.82, 2.24) is 14.7 Å². The second-order valence-electron chi connectivity index (χ2n) is 5.71. The van der Waals surface area contributed by atoms with E-state index in [1.165, 1.54) is 0 Å². The molecule has 2 heterocycles. The Labute approximate surface area is 149 Å². The summed E-state index contributed by atoms with van der Waals surface area (Å²) < 4.78 is 1.58. The highest BCUT2D eigenvalue weighted by molar-refractivity contribution is 6.42. The van der Waals surface area contributed by atoms with E-state index in [1.807, 2.05) is 0 Å². The lowest BCUT2D eigenvalue weighted by Gasteiger charge is -2.29. The first-order chi connectivity index (χ1) is 11.5. The van der Waals surface area contributed by atoms with Gasteiger partial charge in [0.1, 0.15) is 0 Å². The predicted octanol–water partition coefficient (Wildman–Crippen LogP) is 2.52. The monoisotopic (exact) mass is 366 g/mol. The molecule has 0 unspecified atom stereocenters. The number of halogens is 2. The molecule has 0 radical (unpaired) electrons. The largest absolute Gasteiger partial charge is 0.369 e. The van der Waals surface area contributed by atoms with Gasteiger partial charge in [-0.15, -0.1) is 0 Å². The zero-order valence-corrected chi connectivity index (χ0v) is 14.3. The maximum absolute atomic E-state index is 12.5. The number of amides is 2. The number of piperidine rings is 1. The van der Waals surface area contributed by atoms with Crippen LogP contribution in [-0.4, -0.2) is 39.6 Å². The third-order valence-corrected chi connectivity index (χ3v) is 4.90. The van der Waals surface area contributed by atoms with E-state index in [9.17, 15) is 9.59 Å². The fraction of sp³-hybridized carbons (Fsp3) is 0.312. The van der Waals surface area contributed by atoms with Gasteiger partial charge < -0.3 is 10.6 Å². The number of benzene rings is 1. The molecule has 2 N–H and O–H groups in total. The molecule has 1 aliphatic heterocycles. The standard InChI is InChI=1S/C16H16Cl2N4O2/c17-12-2-1-11(9-13(12)18)22-8-5-14(20-22)16(24)21-6-3-10(4-7-21)15(19)23/h1-2,5,8-10H,3-4,6-7H2,(H2,19,23). The second kappa shape index (κ2) is 6.83. The topological polar surface area (TPSA) is 81.2 Å². The highest BCUT2D eigenvalue weighted by Gasteiger charge is 2.27. The number of likely N-dealkylation sites (tertiary alicyclic amines) is 1. The number of nitrogens with two attached hydrogens (primary N) is 1. The van der Waals surface area contributed by atoms with Crippen LogP contribution in [0, 0.1) is 5.92 Å². The molecule has 1 aliphatic rings. The zero-order valence-electron chi connectivity index (χ0n) is 12.8. The number of hydrogen-bond acceptors (Lipinski definition) is 3. The Morgan fingerprint density at radius 3 is 2.46 bits per heavy atom. The lowest BCUT2D eigenvalue weighted by Crippen LogP contribution is -2.41. The van der Waals surface area contributed by atoms with Crippen molar-refractivity contribution < 1.29 is 9.59 Å². The van der Waals surface area contributed by atoms with Gasteiger partial charge in [-0.3, -0.25) is 9.59 Å². The number of rotatable bonds is 3. The number of nitrogens with zero attached hydrogens (tertiary/aromatic N) is 3. The third-order valence-electron chi connectivity index (χ3n) is 4.16. The third kappa shape index (κ3) is 3.39. The summed E-state index contributed by atoms with van der Waals surface area (Å²) in [5.74, 6) is -0.606. The van der Waals surface area contributed by atoms with E-state index in [4.69, 9.17) is 28.9 Å². The number of hydrogen-bond donors (Lipinski definition) is 1. The van der Waals surface area contributed by atoms with Gasteiger partial charge in [-0.1, -0.05) is 23.2 Å². The van der Waals surface area contributed by atoms with Crippen LogP contribution >= 0.6 is 23.2 Å². The first kappa shape index (κ1) is 16.8. The molecule has 0 atom stereocenters. The molecule has 1 aromatic heterocycles. The van der Waals surface area contributed by atoms with E-state index in [-0.39, 0.29) is 17.7 Å². The van der Waals surface area contributed by atoms with Crippen molar-refractivity contribution in [2.45, 2.75) is 12.8 Å². The average Bonchev–Trinajstić information content (AvgIpc) is 3.07. The molecule has 6 nitrogen and oxygen atoms in total.